The van der Waals surface area contributed by atoms with Crippen molar-refractivity contribution >= 4 is 23.6 Å². The highest BCUT2D eigenvalue weighted by Crippen LogP contribution is 2.20. The molecule has 0 radical (unpaired) electrons. The molecule has 0 bridgehead atoms. The second-order valence-electron chi connectivity index (χ2n) is 6.24. The quantitative estimate of drug-likeness (QED) is 0.355. The maximum Gasteiger partial charge on any atom is 0.224 e. The number of hydrogen-bond acceptors (Lipinski definition) is 3. The van der Waals surface area contributed by atoms with Gasteiger partial charge < -0.3 is 16.0 Å². The first-order chi connectivity index (χ1) is 11.9. The van der Waals surface area contributed by atoms with Gasteiger partial charge in [0, 0.05) is 24.4 Å². The van der Waals surface area contributed by atoms with Crippen molar-refractivity contribution in [2.24, 2.45) is 4.99 Å². The number of nitrogens with zero attached hydrogens (tertiary/aromatic N) is 1. The zero-order chi connectivity index (χ0) is 18.7. The van der Waals surface area contributed by atoms with E-state index < -0.39 is 0 Å². The van der Waals surface area contributed by atoms with Crippen LogP contribution < -0.4 is 16.0 Å². The van der Waals surface area contributed by atoms with Gasteiger partial charge in [0.25, 0.3) is 0 Å². The van der Waals surface area contributed by atoms with Gasteiger partial charge in [-0.1, -0.05) is 12.1 Å². The molecule has 0 aliphatic heterocycles. The number of amides is 1. The lowest BCUT2D eigenvalue weighted by atomic mass is 10.1. The Hall–Kier alpha value is -1.76. The molecular weight excluding hydrogens is 339 g/mol. The van der Waals surface area contributed by atoms with Crippen LogP contribution in [0.5, 0.6) is 0 Å². The number of carbonyl (C=O) groups is 1. The summed E-state index contributed by atoms with van der Waals surface area (Å²) in [4.78, 5) is 16.5. The molecular formula is C18H29FN4OS. The van der Waals surface area contributed by atoms with Crippen LogP contribution in [0, 0.1) is 5.82 Å². The van der Waals surface area contributed by atoms with Crippen LogP contribution in [-0.4, -0.2) is 49.0 Å². The molecule has 0 aliphatic rings. The number of carbonyl (C=O) groups excluding carboxylic acids is 1. The normalized spacial score (nSPS) is 12.0. The second-order valence-corrected chi connectivity index (χ2v) is 7.75. The van der Waals surface area contributed by atoms with E-state index in [1.807, 2.05) is 6.92 Å². The number of aliphatic imine (C=N–C) groups is 1. The lowest BCUT2D eigenvalue weighted by Crippen LogP contribution is -2.42. The van der Waals surface area contributed by atoms with E-state index in [0.717, 1.165) is 18.1 Å². The molecule has 0 atom stereocenters. The van der Waals surface area contributed by atoms with Gasteiger partial charge in [-0.15, -0.1) is 0 Å². The Morgan fingerprint density at radius 3 is 2.40 bits per heavy atom. The van der Waals surface area contributed by atoms with Gasteiger partial charge in [0.2, 0.25) is 5.91 Å². The molecule has 0 heterocycles. The van der Waals surface area contributed by atoms with Gasteiger partial charge in [0.1, 0.15) is 5.82 Å². The maximum absolute atomic E-state index is 12.8. The van der Waals surface area contributed by atoms with Crippen LogP contribution in [-0.2, 0) is 11.2 Å². The molecule has 5 nitrogen and oxygen atoms in total. The Kier molecular flexibility index (Phi) is 9.34. The Labute approximate surface area is 154 Å². The van der Waals surface area contributed by atoms with Crippen molar-refractivity contribution in [1.29, 1.82) is 0 Å². The van der Waals surface area contributed by atoms with Crippen molar-refractivity contribution in [1.82, 2.24) is 16.0 Å². The predicted molar refractivity (Wildman–Crippen MR) is 105 cm³/mol. The largest absolute Gasteiger partial charge is 0.357 e. The van der Waals surface area contributed by atoms with Crippen molar-refractivity contribution in [3.63, 3.8) is 0 Å². The van der Waals surface area contributed by atoms with E-state index >= 15 is 0 Å². The Balaban J connectivity index is 2.34. The molecule has 0 fully saturated rings. The van der Waals surface area contributed by atoms with Crippen molar-refractivity contribution in [3.05, 3.63) is 35.6 Å². The summed E-state index contributed by atoms with van der Waals surface area (Å²) in [6, 6.07) is 5.96. The number of benzene rings is 1. The number of thioether (sulfide) groups is 1. The minimum absolute atomic E-state index is 0.0844. The van der Waals surface area contributed by atoms with Gasteiger partial charge in [-0.2, -0.15) is 11.8 Å². The molecule has 7 heteroatoms. The van der Waals surface area contributed by atoms with Crippen LogP contribution in [0.3, 0.4) is 0 Å². The van der Waals surface area contributed by atoms with E-state index in [4.69, 9.17) is 0 Å². The molecule has 0 saturated heterocycles. The highest BCUT2D eigenvalue weighted by Gasteiger charge is 2.15. The van der Waals surface area contributed by atoms with E-state index in [1.165, 1.54) is 12.1 Å². The van der Waals surface area contributed by atoms with Gasteiger partial charge in [0.15, 0.2) is 5.96 Å². The molecule has 0 unspecified atom stereocenters. The lowest BCUT2D eigenvalue weighted by molar-refractivity contribution is -0.120. The summed E-state index contributed by atoms with van der Waals surface area (Å²) >= 11 is 1.78. The first-order valence-electron chi connectivity index (χ1n) is 8.45. The molecule has 0 aliphatic carbocycles. The van der Waals surface area contributed by atoms with E-state index in [1.54, 1.807) is 23.9 Å². The third-order valence-electron chi connectivity index (χ3n) is 3.53. The second kappa shape index (κ2) is 11.0. The summed E-state index contributed by atoms with van der Waals surface area (Å²) in [6.07, 6.45) is 2.32. The van der Waals surface area contributed by atoms with Gasteiger partial charge >= 0.3 is 0 Å². The number of halogens is 1. The zero-order valence-electron chi connectivity index (χ0n) is 15.5. The smallest absolute Gasteiger partial charge is 0.224 e. The Bertz CT molecular complexity index is 561. The topological polar surface area (TPSA) is 65.5 Å². The SMILES string of the molecule is CCNC(=NCC(C)(C)SC)NCCNC(=O)Cc1ccc(F)cc1. The fourth-order valence-electron chi connectivity index (χ4n) is 1.91. The number of hydrogen-bond donors (Lipinski definition) is 3. The minimum Gasteiger partial charge on any atom is -0.357 e. The third kappa shape index (κ3) is 9.34. The van der Waals surface area contributed by atoms with E-state index in [-0.39, 0.29) is 22.9 Å². The van der Waals surface area contributed by atoms with Crippen molar-refractivity contribution in [2.75, 3.05) is 32.4 Å². The fourth-order valence-corrected chi connectivity index (χ4v) is 2.10. The molecule has 0 saturated carbocycles. The van der Waals surface area contributed by atoms with E-state index in [0.29, 0.717) is 19.6 Å². The van der Waals surface area contributed by atoms with Crippen LogP contribution in [0.4, 0.5) is 4.39 Å². The number of rotatable bonds is 9. The van der Waals surface area contributed by atoms with Crippen LogP contribution in [0.25, 0.3) is 0 Å². The molecule has 1 aromatic carbocycles. The van der Waals surface area contributed by atoms with Gasteiger partial charge in [0.05, 0.1) is 13.0 Å². The minimum atomic E-state index is -0.298. The van der Waals surface area contributed by atoms with Gasteiger partial charge in [-0.25, -0.2) is 4.39 Å². The molecule has 0 aromatic heterocycles. The van der Waals surface area contributed by atoms with Crippen molar-refractivity contribution < 1.29 is 9.18 Å². The molecule has 0 spiro atoms. The molecule has 25 heavy (non-hydrogen) atoms. The monoisotopic (exact) mass is 368 g/mol. The van der Waals surface area contributed by atoms with Crippen LogP contribution in [0.1, 0.15) is 26.3 Å². The molecule has 140 valence electrons. The highest BCUT2D eigenvalue weighted by molar-refractivity contribution is 7.99. The summed E-state index contributed by atoms with van der Waals surface area (Å²) in [5.74, 6) is 0.365. The standard InChI is InChI=1S/C18H29FN4OS/c1-5-20-17(23-13-18(2,3)25-4)22-11-10-21-16(24)12-14-6-8-15(19)9-7-14/h6-9H,5,10-13H2,1-4H3,(H,21,24)(H2,20,22,23). The molecule has 1 aromatic rings. The lowest BCUT2D eigenvalue weighted by Gasteiger charge is -2.20. The maximum atomic E-state index is 12.8. The van der Waals surface area contributed by atoms with E-state index in [9.17, 15) is 9.18 Å². The van der Waals surface area contributed by atoms with Gasteiger partial charge in [-0.3, -0.25) is 9.79 Å². The summed E-state index contributed by atoms with van der Waals surface area (Å²) in [7, 11) is 0. The van der Waals surface area contributed by atoms with E-state index in [2.05, 4.69) is 41.0 Å². The Morgan fingerprint density at radius 2 is 1.80 bits per heavy atom. The first-order valence-corrected chi connectivity index (χ1v) is 9.67. The van der Waals surface area contributed by atoms with Crippen molar-refractivity contribution in [3.8, 4) is 0 Å². The predicted octanol–water partition coefficient (Wildman–Crippen LogP) is 2.18. The highest BCUT2D eigenvalue weighted by atomic mass is 32.2. The fraction of sp³-hybridized carbons (Fsp3) is 0.556. The number of nitrogens with one attached hydrogen (secondary N) is 3. The third-order valence-corrected chi connectivity index (χ3v) is 4.77. The van der Waals surface area contributed by atoms with Crippen LogP contribution in [0.15, 0.2) is 29.3 Å². The summed E-state index contributed by atoms with van der Waals surface area (Å²) < 4.78 is 12.9. The summed E-state index contributed by atoms with van der Waals surface area (Å²) in [6.45, 7) is 8.89. The van der Waals surface area contributed by atoms with Crippen molar-refractivity contribution in [2.45, 2.75) is 31.9 Å². The van der Waals surface area contributed by atoms with Crippen LogP contribution >= 0.6 is 11.8 Å². The van der Waals surface area contributed by atoms with Gasteiger partial charge in [-0.05, 0) is 44.7 Å². The molecule has 3 N–H and O–H groups in total. The summed E-state index contributed by atoms with van der Waals surface area (Å²) in [5, 5.41) is 9.25. The first kappa shape index (κ1) is 21.3. The zero-order valence-corrected chi connectivity index (χ0v) is 16.3. The Morgan fingerprint density at radius 1 is 1.16 bits per heavy atom. The summed E-state index contributed by atoms with van der Waals surface area (Å²) in [5.41, 5.74) is 0.793. The average molecular weight is 369 g/mol. The van der Waals surface area contributed by atoms with Crippen LogP contribution in [0.2, 0.25) is 0 Å². The molecule has 1 amide bonds. The number of guanidine groups is 1. The average Bonchev–Trinajstić information content (AvgIpc) is 2.58. The molecule has 1 rings (SSSR count).